The van der Waals surface area contributed by atoms with Gasteiger partial charge in [-0.2, -0.15) is 0 Å². The number of hydrogen-bond donors (Lipinski definition) is 2. The van der Waals surface area contributed by atoms with Crippen molar-refractivity contribution in [3.8, 4) is 5.75 Å². The summed E-state index contributed by atoms with van der Waals surface area (Å²) in [6, 6.07) is 2.84. The van der Waals surface area contributed by atoms with Gasteiger partial charge in [0.25, 0.3) is 5.69 Å². The molecule has 1 aromatic rings. The van der Waals surface area contributed by atoms with Crippen molar-refractivity contribution in [3.63, 3.8) is 0 Å². The SMILES string of the molecule is Nc1ccc(O)c(C2CCCCC2)c1[N+](=O)[O-]. The second-order valence-corrected chi connectivity index (χ2v) is 4.53. The summed E-state index contributed by atoms with van der Waals surface area (Å²) in [6.07, 6.45) is 5.04. The molecule has 1 aromatic carbocycles. The van der Waals surface area contributed by atoms with E-state index < -0.39 is 4.92 Å². The average Bonchev–Trinajstić information content (AvgIpc) is 2.32. The standard InChI is InChI=1S/C12H16N2O3/c13-9-6-7-10(15)11(12(9)14(16)17)8-4-2-1-3-5-8/h6-8,15H,1-5,13H2. The molecule has 1 aliphatic carbocycles. The molecule has 0 unspecified atom stereocenters. The van der Waals surface area contributed by atoms with Gasteiger partial charge in [0, 0.05) is 0 Å². The highest BCUT2D eigenvalue weighted by Crippen LogP contribution is 2.44. The lowest BCUT2D eigenvalue weighted by Gasteiger charge is -2.22. The summed E-state index contributed by atoms with van der Waals surface area (Å²) in [4.78, 5) is 10.6. The van der Waals surface area contributed by atoms with Crippen molar-refractivity contribution < 1.29 is 10.0 Å². The van der Waals surface area contributed by atoms with Gasteiger partial charge in [-0.1, -0.05) is 19.3 Å². The molecule has 0 radical (unpaired) electrons. The maximum Gasteiger partial charge on any atom is 0.299 e. The second kappa shape index (κ2) is 4.61. The number of rotatable bonds is 2. The highest BCUT2D eigenvalue weighted by molar-refractivity contribution is 5.67. The number of benzene rings is 1. The first-order valence-electron chi connectivity index (χ1n) is 5.87. The Morgan fingerprint density at radius 1 is 1.29 bits per heavy atom. The first-order valence-corrected chi connectivity index (χ1v) is 5.87. The molecule has 1 saturated carbocycles. The molecular formula is C12H16N2O3. The zero-order valence-electron chi connectivity index (χ0n) is 9.56. The van der Waals surface area contributed by atoms with Crippen molar-refractivity contribution in [1.82, 2.24) is 0 Å². The van der Waals surface area contributed by atoms with Crippen molar-refractivity contribution in [3.05, 3.63) is 27.8 Å². The second-order valence-electron chi connectivity index (χ2n) is 4.53. The van der Waals surface area contributed by atoms with Gasteiger partial charge in [-0.3, -0.25) is 10.1 Å². The first kappa shape index (κ1) is 11.7. The smallest absolute Gasteiger partial charge is 0.299 e. The van der Waals surface area contributed by atoms with Crippen LogP contribution in [0.3, 0.4) is 0 Å². The Morgan fingerprint density at radius 2 is 1.94 bits per heavy atom. The zero-order valence-corrected chi connectivity index (χ0v) is 9.56. The predicted molar refractivity (Wildman–Crippen MR) is 65.0 cm³/mol. The van der Waals surface area contributed by atoms with Crippen LogP contribution in [0.15, 0.2) is 12.1 Å². The number of nitro benzene ring substituents is 1. The largest absolute Gasteiger partial charge is 0.507 e. The molecule has 5 nitrogen and oxygen atoms in total. The Balaban J connectivity index is 2.49. The molecule has 1 aliphatic rings. The lowest BCUT2D eigenvalue weighted by Crippen LogP contribution is -2.09. The Labute approximate surface area is 99.4 Å². The van der Waals surface area contributed by atoms with Crippen molar-refractivity contribution in [2.75, 3.05) is 5.73 Å². The molecule has 17 heavy (non-hydrogen) atoms. The topological polar surface area (TPSA) is 89.4 Å². The average molecular weight is 236 g/mol. The maximum absolute atomic E-state index is 11.1. The molecule has 0 amide bonds. The zero-order chi connectivity index (χ0) is 12.4. The number of hydrogen-bond acceptors (Lipinski definition) is 4. The summed E-state index contributed by atoms with van der Waals surface area (Å²) in [5, 5.41) is 20.9. The molecule has 0 spiro atoms. The van der Waals surface area contributed by atoms with Gasteiger partial charge in [0.2, 0.25) is 0 Å². The summed E-state index contributed by atoms with van der Waals surface area (Å²) >= 11 is 0. The number of aromatic hydroxyl groups is 1. The Hall–Kier alpha value is -1.78. The highest BCUT2D eigenvalue weighted by atomic mass is 16.6. The molecule has 0 aromatic heterocycles. The number of nitrogen functional groups attached to an aromatic ring is 1. The number of nitrogens with zero attached hydrogens (tertiary/aromatic N) is 1. The van der Waals surface area contributed by atoms with Gasteiger partial charge in [0.05, 0.1) is 10.5 Å². The maximum atomic E-state index is 11.1. The van der Waals surface area contributed by atoms with Crippen LogP contribution in [0.4, 0.5) is 11.4 Å². The number of anilines is 1. The number of nitro groups is 1. The van der Waals surface area contributed by atoms with E-state index in [9.17, 15) is 15.2 Å². The summed E-state index contributed by atoms with van der Waals surface area (Å²) in [5.74, 6) is 0.0606. The van der Waals surface area contributed by atoms with E-state index in [1.165, 1.54) is 12.1 Å². The van der Waals surface area contributed by atoms with Gasteiger partial charge in [0.15, 0.2) is 0 Å². The summed E-state index contributed by atoms with van der Waals surface area (Å²) in [6.45, 7) is 0. The molecule has 0 heterocycles. The van der Waals surface area contributed by atoms with E-state index >= 15 is 0 Å². The third kappa shape index (κ3) is 2.18. The Kier molecular flexibility index (Phi) is 3.17. The van der Waals surface area contributed by atoms with Crippen LogP contribution in [0.5, 0.6) is 5.75 Å². The fourth-order valence-corrected chi connectivity index (χ4v) is 2.61. The Morgan fingerprint density at radius 3 is 2.53 bits per heavy atom. The molecule has 0 bridgehead atoms. The molecule has 0 atom stereocenters. The van der Waals surface area contributed by atoms with E-state index in [0.29, 0.717) is 5.56 Å². The van der Waals surface area contributed by atoms with Crippen LogP contribution in [-0.2, 0) is 0 Å². The van der Waals surface area contributed by atoms with Crippen LogP contribution in [-0.4, -0.2) is 10.0 Å². The van der Waals surface area contributed by atoms with E-state index in [2.05, 4.69) is 0 Å². The van der Waals surface area contributed by atoms with Crippen LogP contribution in [0.1, 0.15) is 43.6 Å². The van der Waals surface area contributed by atoms with Crippen LogP contribution < -0.4 is 5.73 Å². The lowest BCUT2D eigenvalue weighted by molar-refractivity contribution is -0.384. The highest BCUT2D eigenvalue weighted by Gasteiger charge is 2.29. The normalized spacial score (nSPS) is 16.9. The third-order valence-electron chi connectivity index (χ3n) is 3.42. The molecule has 92 valence electrons. The van der Waals surface area contributed by atoms with Gasteiger partial charge < -0.3 is 10.8 Å². The molecule has 3 N–H and O–H groups in total. The quantitative estimate of drug-likeness (QED) is 0.357. The van der Waals surface area contributed by atoms with Gasteiger partial charge in [0.1, 0.15) is 11.4 Å². The van der Waals surface area contributed by atoms with E-state index in [-0.39, 0.29) is 23.0 Å². The van der Waals surface area contributed by atoms with Crippen molar-refractivity contribution in [2.45, 2.75) is 38.0 Å². The first-order chi connectivity index (χ1) is 8.11. The van der Waals surface area contributed by atoms with Crippen LogP contribution >= 0.6 is 0 Å². The van der Waals surface area contributed by atoms with Crippen molar-refractivity contribution in [1.29, 1.82) is 0 Å². The summed E-state index contributed by atoms with van der Waals surface area (Å²) < 4.78 is 0. The van der Waals surface area contributed by atoms with Crippen LogP contribution in [0, 0.1) is 10.1 Å². The van der Waals surface area contributed by atoms with Crippen LogP contribution in [0.2, 0.25) is 0 Å². The van der Waals surface area contributed by atoms with Crippen molar-refractivity contribution >= 4 is 11.4 Å². The van der Waals surface area contributed by atoms with Gasteiger partial charge in [-0.05, 0) is 30.9 Å². The fraction of sp³-hybridized carbons (Fsp3) is 0.500. The molecule has 5 heteroatoms. The summed E-state index contributed by atoms with van der Waals surface area (Å²) in [5.41, 5.74) is 6.09. The number of nitrogens with two attached hydrogens (primary N) is 1. The van der Waals surface area contributed by atoms with E-state index in [1.54, 1.807) is 0 Å². The molecule has 1 fully saturated rings. The van der Waals surface area contributed by atoms with Crippen LogP contribution in [0.25, 0.3) is 0 Å². The summed E-state index contributed by atoms with van der Waals surface area (Å²) in [7, 11) is 0. The van der Waals surface area contributed by atoms with E-state index in [1.807, 2.05) is 0 Å². The van der Waals surface area contributed by atoms with E-state index in [4.69, 9.17) is 5.73 Å². The van der Waals surface area contributed by atoms with Crippen molar-refractivity contribution in [2.24, 2.45) is 0 Å². The number of phenols is 1. The fourth-order valence-electron chi connectivity index (χ4n) is 2.61. The third-order valence-corrected chi connectivity index (χ3v) is 3.42. The minimum atomic E-state index is -0.487. The molecular weight excluding hydrogens is 220 g/mol. The number of phenolic OH excluding ortho intramolecular Hbond substituents is 1. The molecule has 0 saturated heterocycles. The molecule has 0 aliphatic heterocycles. The lowest BCUT2D eigenvalue weighted by atomic mass is 9.82. The Bertz CT molecular complexity index is 440. The molecule has 2 rings (SSSR count). The minimum absolute atomic E-state index is 0.00204. The van der Waals surface area contributed by atoms with Gasteiger partial charge in [-0.25, -0.2) is 0 Å². The van der Waals surface area contributed by atoms with Gasteiger partial charge >= 0.3 is 0 Å². The monoisotopic (exact) mass is 236 g/mol. The van der Waals surface area contributed by atoms with E-state index in [0.717, 1.165) is 32.1 Å². The predicted octanol–water partition coefficient (Wildman–Crippen LogP) is 2.93. The van der Waals surface area contributed by atoms with Gasteiger partial charge in [-0.15, -0.1) is 0 Å². The minimum Gasteiger partial charge on any atom is -0.507 e.